The molecule has 1 amide bonds. The summed E-state index contributed by atoms with van der Waals surface area (Å²) in [7, 11) is 1.24. The summed E-state index contributed by atoms with van der Waals surface area (Å²) in [6, 6.07) is 11.4. The van der Waals surface area contributed by atoms with Crippen LogP contribution in [0.3, 0.4) is 0 Å². The van der Waals surface area contributed by atoms with Crippen molar-refractivity contribution < 1.29 is 23.9 Å². The topological polar surface area (TPSA) is 81.7 Å². The summed E-state index contributed by atoms with van der Waals surface area (Å²) in [4.78, 5) is 35.9. The van der Waals surface area contributed by atoms with Crippen LogP contribution in [0.15, 0.2) is 42.5 Å². The monoisotopic (exact) mass is 381 g/mol. The van der Waals surface area contributed by atoms with Gasteiger partial charge in [-0.3, -0.25) is 4.79 Å². The number of thiophene rings is 1. The van der Waals surface area contributed by atoms with Gasteiger partial charge in [-0.05, 0) is 17.7 Å². The third kappa shape index (κ3) is 5.88. The van der Waals surface area contributed by atoms with Crippen LogP contribution in [0.25, 0.3) is 0 Å². The zero-order chi connectivity index (χ0) is 18.2. The molecule has 0 spiro atoms. The van der Waals surface area contributed by atoms with Crippen molar-refractivity contribution in [3.63, 3.8) is 0 Å². The minimum Gasteiger partial charge on any atom is -0.467 e. The number of ether oxygens (including phenoxy) is 2. The van der Waals surface area contributed by atoms with E-state index in [9.17, 15) is 14.4 Å². The second-order valence-electron chi connectivity index (χ2n) is 5.01. The first kappa shape index (κ1) is 19.0. The van der Waals surface area contributed by atoms with Gasteiger partial charge in [0.15, 0.2) is 6.61 Å². The highest BCUT2D eigenvalue weighted by Gasteiger charge is 2.22. The molecule has 0 unspecified atom stereocenters. The number of halogens is 1. The summed E-state index contributed by atoms with van der Waals surface area (Å²) in [6.45, 7) is -0.503. The number of hydrogen-bond acceptors (Lipinski definition) is 6. The molecule has 0 saturated carbocycles. The van der Waals surface area contributed by atoms with Gasteiger partial charge in [0.25, 0.3) is 5.91 Å². The number of benzene rings is 1. The van der Waals surface area contributed by atoms with Crippen molar-refractivity contribution >= 4 is 40.8 Å². The largest absolute Gasteiger partial charge is 0.467 e. The molecule has 0 radical (unpaired) electrons. The maximum Gasteiger partial charge on any atom is 0.348 e. The lowest BCUT2D eigenvalue weighted by Gasteiger charge is -2.16. The highest BCUT2D eigenvalue weighted by atomic mass is 35.5. The van der Waals surface area contributed by atoms with Gasteiger partial charge in [-0.25, -0.2) is 9.59 Å². The molecule has 25 heavy (non-hydrogen) atoms. The fraction of sp³-hybridized carbons (Fsp3) is 0.235. The summed E-state index contributed by atoms with van der Waals surface area (Å²) in [6.07, 6.45) is 0.272. The maximum absolute atomic E-state index is 12.0. The molecule has 1 aromatic carbocycles. The van der Waals surface area contributed by atoms with E-state index in [0.717, 1.165) is 16.9 Å². The number of nitrogens with one attached hydrogen (secondary N) is 1. The van der Waals surface area contributed by atoms with Crippen LogP contribution in [-0.2, 0) is 25.5 Å². The van der Waals surface area contributed by atoms with E-state index in [1.807, 2.05) is 30.3 Å². The Kier molecular flexibility index (Phi) is 6.97. The first-order chi connectivity index (χ1) is 12.0. The molecule has 2 rings (SSSR count). The lowest BCUT2D eigenvalue weighted by Crippen LogP contribution is -2.44. The average molecular weight is 382 g/mol. The first-order valence-electron chi connectivity index (χ1n) is 7.33. The maximum atomic E-state index is 12.0. The Morgan fingerprint density at radius 2 is 1.88 bits per heavy atom. The number of carbonyl (C=O) groups is 3. The Labute approximate surface area is 153 Å². The van der Waals surface area contributed by atoms with E-state index in [1.165, 1.54) is 13.2 Å². The Hall–Kier alpha value is -2.38. The van der Waals surface area contributed by atoms with Gasteiger partial charge < -0.3 is 14.8 Å². The van der Waals surface area contributed by atoms with E-state index >= 15 is 0 Å². The molecule has 1 N–H and O–H groups in total. The summed E-state index contributed by atoms with van der Waals surface area (Å²) in [5.74, 6) is -1.82. The van der Waals surface area contributed by atoms with Crippen LogP contribution in [0.1, 0.15) is 15.2 Å². The van der Waals surface area contributed by atoms with Crippen molar-refractivity contribution in [3.05, 3.63) is 57.2 Å². The predicted octanol–water partition coefficient (Wildman–Crippen LogP) is 2.46. The van der Waals surface area contributed by atoms with Gasteiger partial charge in [0.1, 0.15) is 10.9 Å². The predicted molar refractivity (Wildman–Crippen MR) is 93.7 cm³/mol. The quantitative estimate of drug-likeness (QED) is 0.745. The minimum absolute atomic E-state index is 0.272. The first-order valence-corrected chi connectivity index (χ1v) is 8.52. The van der Waals surface area contributed by atoms with Crippen LogP contribution in [0.5, 0.6) is 0 Å². The summed E-state index contributed by atoms with van der Waals surface area (Å²) in [5.41, 5.74) is 0.864. The molecule has 8 heteroatoms. The molecule has 1 atom stereocenters. The molecule has 0 fully saturated rings. The van der Waals surface area contributed by atoms with Crippen molar-refractivity contribution in [2.75, 3.05) is 13.7 Å². The zero-order valence-corrected chi connectivity index (χ0v) is 14.9. The fourth-order valence-electron chi connectivity index (χ4n) is 2.05. The number of rotatable bonds is 7. The van der Waals surface area contributed by atoms with Crippen molar-refractivity contribution in [1.82, 2.24) is 5.32 Å². The molecule has 6 nitrogen and oxygen atoms in total. The molecule has 1 heterocycles. The second kappa shape index (κ2) is 9.19. The van der Waals surface area contributed by atoms with Gasteiger partial charge in [0, 0.05) is 6.42 Å². The number of hydrogen-bond donors (Lipinski definition) is 1. The minimum atomic E-state index is -0.866. The smallest absolute Gasteiger partial charge is 0.348 e. The number of methoxy groups -OCH3 is 1. The summed E-state index contributed by atoms with van der Waals surface area (Å²) >= 11 is 6.80. The van der Waals surface area contributed by atoms with E-state index in [4.69, 9.17) is 21.1 Å². The molecule has 0 aliphatic carbocycles. The second-order valence-corrected chi connectivity index (χ2v) is 6.73. The SMILES string of the molecule is COC(=O)[C@H](Cc1ccccc1)NC(=O)COC(=O)c1ccc(Cl)s1. The van der Waals surface area contributed by atoms with Crippen LogP contribution in [0.2, 0.25) is 4.34 Å². The highest BCUT2D eigenvalue weighted by molar-refractivity contribution is 7.17. The van der Waals surface area contributed by atoms with Crippen LogP contribution < -0.4 is 5.32 Å². The molecule has 0 aliphatic heterocycles. The zero-order valence-electron chi connectivity index (χ0n) is 13.4. The molecule has 1 aromatic heterocycles. The fourth-order valence-corrected chi connectivity index (χ4v) is 2.98. The Bertz CT molecular complexity index is 747. The molecular weight excluding hydrogens is 366 g/mol. The lowest BCUT2D eigenvalue weighted by molar-refractivity contribution is -0.145. The highest BCUT2D eigenvalue weighted by Crippen LogP contribution is 2.21. The number of carbonyl (C=O) groups excluding carboxylic acids is 3. The third-order valence-corrected chi connectivity index (χ3v) is 4.42. The molecule has 0 aliphatic rings. The van der Waals surface area contributed by atoms with Gasteiger partial charge in [0.2, 0.25) is 0 Å². The molecule has 2 aromatic rings. The van der Waals surface area contributed by atoms with E-state index in [1.54, 1.807) is 6.07 Å². The number of amides is 1. The van der Waals surface area contributed by atoms with Crippen LogP contribution in [0, 0.1) is 0 Å². The van der Waals surface area contributed by atoms with Crippen LogP contribution in [-0.4, -0.2) is 37.6 Å². The lowest BCUT2D eigenvalue weighted by atomic mass is 10.1. The summed E-state index contributed by atoms with van der Waals surface area (Å²) in [5, 5.41) is 2.51. The number of esters is 2. The van der Waals surface area contributed by atoms with Gasteiger partial charge in [0.05, 0.1) is 11.4 Å². The Balaban J connectivity index is 1.90. The van der Waals surface area contributed by atoms with Gasteiger partial charge >= 0.3 is 11.9 Å². The molecular formula is C17H16ClNO5S. The summed E-state index contributed by atoms with van der Waals surface area (Å²) < 4.78 is 10.1. The van der Waals surface area contributed by atoms with E-state index in [2.05, 4.69) is 5.32 Å². The van der Waals surface area contributed by atoms with Crippen molar-refractivity contribution in [3.8, 4) is 0 Å². The van der Waals surface area contributed by atoms with E-state index in [0.29, 0.717) is 9.21 Å². The van der Waals surface area contributed by atoms with Crippen LogP contribution in [0.4, 0.5) is 0 Å². The van der Waals surface area contributed by atoms with Gasteiger partial charge in [-0.15, -0.1) is 11.3 Å². The van der Waals surface area contributed by atoms with E-state index < -0.39 is 30.5 Å². The standard InChI is InChI=1S/C17H16ClNO5S/c1-23-16(21)12(9-11-5-3-2-4-6-11)19-15(20)10-24-17(22)13-7-8-14(18)25-13/h2-8,12H,9-10H2,1H3,(H,19,20)/t12-/m0/s1. The normalized spacial score (nSPS) is 11.4. The molecule has 0 saturated heterocycles. The van der Waals surface area contributed by atoms with Crippen molar-refractivity contribution in [2.24, 2.45) is 0 Å². The molecule has 0 bridgehead atoms. The van der Waals surface area contributed by atoms with Crippen molar-refractivity contribution in [2.45, 2.75) is 12.5 Å². The van der Waals surface area contributed by atoms with E-state index in [-0.39, 0.29) is 6.42 Å². The Morgan fingerprint density at radius 1 is 1.16 bits per heavy atom. The van der Waals surface area contributed by atoms with Crippen molar-refractivity contribution in [1.29, 1.82) is 0 Å². The third-order valence-electron chi connectivity index (χ3n) is 3.21. The van der Waals surface area contributed by atoms with Crippen LogP contribution >= 0.6 is 22.9 Å². The average Bonchev–Trinajstić information content (AvgIpc) is 3.06. The molecule has 132 valence electrons. The van der Waals surface area contributed by atoms with Gasteiger partial charge in [-0.1, -0.05) is 41.9 Å². The van der Waals surface area contributed by atoms with Gasteiger partial charge in [-0.2, -0.15) is 0 Å². The Morgan fingerprint density at radius 3 is 2.48 bits per heavy atom.